The van der Waals surface area contributed by atoms with Crippen LogP contribution in [0.25, 0.3) is 11.0 Å². The molecule has 3 amide bonds. The number of ether oxygens (including phenoxy) is 1. The lowest BCUT2D eigenvalue weighted by molar-refractivity contribution is -0.123. The Labute approximate surface area is 244 Å². The fourth-order valence-corrected chi connectivity index (χ4v) is 4.50. The summed E-state index contributed by atoms with van der Waals surface area (Å²) in [5.41, 5.74) is 3.06. The van der Waals surface area contributed by atoms with Gasteiger partial charge in [-0.2, -0.15) is 0 Å². The van der Waals surface area contributed by atoms with Crippen LogP contribution in [0.2, 0.25) is 0 Å². The van der Waals surface area contributed by atoms with Crippen molar-refractivity contribution in [2.75, 3.05) is 20.2 Å². The number of furan rings is 1. The van der Waals surface area contributed by atoms with Crippen LogP contribution in [0.5, 0.6) is 0 Å². The summed E-state index contributed by atoms with van der Waals surface area (Å²) in [4.78, 5) is 50.1. The molecule has 0 spiro atoms. The Hall–Kier alpha value is -4.92. The summed E-state index contributed by atoms with van der Waals surface area (Å²) in [5, 5.41) is 9.37. The number of carbonyl (C=O) groups excluding carboxylic acids is 4. The Morgan fingerprint density at radius 2 is 1.52 bits per heavy atom. The molecule has 4 rings (SSSR count). The summed E-state index contributed by atoms with van der Waals surface area (Å²) >= 11 is 0. The maximum absolute atomic E-state index is 13.1. The van der Waals surface area contributed by atoms with Gasteiger partial charge in [0.2, 0.25) is 11.8 Å². The van der Waals surface area contributed by atoms with Crippen LogP contribution in [0.15, 0.2) is 89.3 Å². The van der Waals surface area contributed by atoms with E-state index in [4.69, 9.17) is 9.15 Å². The highest BCUT2D eigenvalue weighted by molar-refractivity contribution is 5.98. The fourth-order valence-electron chi connectivity index (χ4n) is 4.50. The van der Waals surface area contributed by atoms with Gasteiger partial charge in [-0.05, 0) is 61.1 Å². The van der Waals surface area contributed by atoms with Crippen LogP contribution in [-0.2, 0) is 27.2 Å². The van der Waals surface area contributed by atoms with Crippen LogP contribution < -0.4 is 16.0 Å². The first kappa shape index (κ1) is 30.0. The molecule has 218 valence electrons. The van der Waals surface area contributed by atoms with Gasteiger partial charge in [-0.25, -0.2) is 4.79 Å². The number of nitrogens with one attached hydrogen (secondary N) is 3. The van der Waals surface area contributed by atoms with Gasteiger partial charge in [-0.15, -0.1) is 0 Å². The zero-order valence-corrected chi connectivity index (χ0v) is 23.6. The summed E-state index contributed by atoms with van der Waals surface area (Å²) in [6, 6.07) is 24.9. The maximum Gasteiger partial charge on any atom is 0.337 e. The maximum atomic E-state index is 13.1. The van der Waals surface area contributed by atoms with Crippen LogP contribution in [0.4, 0.5) is 0 Å². The first-order chi connectivity index (χ1) is 20.4. The molecule has 0 saturated heterocycles. The molecule has 0 saturated carbocycles. The second kappa shape index (κ2) is 15.2. The highest BCUT2D eigenvalue weighted by Gasteiger charge is 2.23. The van der Waals surface area contributed by atoms with Gasteiger partial charge in [0, 0.05) is 24.9 Å². The fraction of sp³-hybridized carbons (Fsp3) is 0.273. The normalized spacial score (nSPS) is 11.5. The van der Waals surface area contributed by atoms with Gasteiger partial charge in [0.05, 0.1) is 12.7 Å². The Bertz CT molecular complexity index is 1460. The minimum absolute atomic E-state index is 0.0654. The molecule has 1 heterocycles. The topological polar surface area (TPSA) is 127 Å². The average molecular weight is 570 g/mol. The molecule has 0 unspecified atom stereocenters. The van der Waals surface area contributed by atoms with Crippen molar-refractivity contribution >= 4 is 34.7 Å². The van der Waals surface area contributed by atoms with Crippen LogP contribution >= 0.6 is 0 Å². The molecule has 0 aliphatic heterocycles. The zero-order chi connectivity index (χ0) is 29.7. The van der Waals surface area contributed by atoms with Gasteiger partial charge >= 0.3 is 5.97 Å². The van der Waals surface area contributed by atoms with E-state index in [-0.39, 0.29) is 17.6 Å². The lowest BCUT2D eigenvalue weighted by atomic mass is 10.1. The molecule has 3 N–H and O–H groups in total. The highest BCUT2D eigenvalue weighted by Crippen LogP contribution is 2.19. The Balaban J connectivity index is 1.30. The van der Waals surface area contributed by atoms with Gasteiger partial charge in [0.1, 0.15) is 11.6 Å². The van der Waals surface area contributed by atoms with Gasteiger partial charge in [0.25, 0.3) is 5.91 Å². The van der Waals surface area contributed by atoms with E-state index in [2.05, 4.69) is 16.0 Å². The summed E-state index contributed by atoms with van der Waals surface area (Å²) < 4.78 is 10.4. The molecular weight excluding hydrogens is 534 g/mol. The monoisotopic (exact) mass is 569 g/mol. The Kier molecular flexibility index (Phi) is 10.9. The second-order valence-corrected chi connectivity index (χ2v) is 9.88. The molecule has 9 heteroatoms. The van der Waals surface area contributed by atoms with E-state index in [0.29, 0.717) is 56.3 Å². The third-order valence-corrected chi connectivity index (χ3v) is 6.83. The van der Waals surface area contributed by atoms with Gasteiger partial charge < -0.3 is 25.1 Å². The SMILES string of the molecule is COC(=O)c1ccc(CCNC(=O)[C@H](CCCNC(=O)CCc2ccccc2)NC(=O)c2cc3ccccc3o2)cc1. The molecule has 0 bridgehead atoms. The van der Waals surface area contributed by atoms with E-state index < -0.39 is 17.9 Å². The van der Waals surface area contributed by atoms with Gasteiger partial charge in [0.15, 0.2) is 5.76 Å². The van der Waals surface area contributed by atoms with E-state index in [9.17, 15) is 19.2 Å². The number of rotatable bonds is 14. The Morgan fingerprint density at radius 1 is 0.810 bits per heavy atom. The van der Waals surface area contributed by atoms with E-state index in [1.165, 1.54) is 7.11 Å². The minimum Gasteiger partial charge on any atom is -0.465 e. The summed E-state index contributed by atoms with van der Waals surface area (Å²) in [6.07, 6.45) is 2.37. The van der Waals surface area contributed by atoms with Crippen molar-refractivity contribution in [3.8, 4) is 0 Å². The second-order valence-electron chi connectivity index (χ2n) is 9.88. The lowest BCUT2D eigenvalue weighted by Crippen LogP contribution is -2.47. The van der Waals surface area contributed by atoms with E-state index in [1.54, 1.807) is 36.4 Å². The van der Waals surface area contributed by atoms with Crippen molar-refractivity contribution < 1.29 is 28.3 Å². The van der Waals surface area contributed by atoms with Crippen LogP contribution in [0.3, 0.4) is 0 Å². The number of benzene rings is 3. The molecule has 4 aromatic rings. The number of carbonyl (C=O) groups is 4. The smallest absolute Gasteiger partial charge is 0.337 e. The number of aryl methyl sites for hydroxylation is 1. The van der Waals surface area contributed by atoms with Gasteiger partial charge in [-0.3, -0.25) is 14.4 Å². The molecule has 1 aromatic heterocycles. The largest absolute Gasteiger partial charge is 0.465 e. The quantitative estimate of drug-likeness (QED) is 0.154. The number of amides is 3. The summed E-state index contributed by atoms with van der Waals surface area (Å²) in [5.74, 6) is -1.18. The third kappa shape index (κ3) is 8.79. The van der Waals surface area contributed by atoms with E-state index in [1.807, 2.05) is 48.5 Å². The average Bonchev–Trinajstić information content (AvgIpc) is 3.46. The predicted molar refractivity (Wildman–Crippen MR) is 159 cm³/mol. The molecule has 1 atom stereocenters. The third-order valence-electron chi connectivity index (χ3n) is 6.83. The predicted octanol–water partition coefficient (Wildman–Crippen LogP) is 4.21. The number of hydrogen-bond donors (Lipinski definition) is 3. The van der Waals surface area contributed by atoms with Crippen molar-refractivity contribution in [2.45, 2.75) is 38.1 Å². The molecule has 0 radical (unpaired) electrons. The van der Waals surface area contributed by atoms with Crippen molar-refractivity contribution in [3.63, 3.8) is 0 Å². The zero-order valence-electron chi connectivity index (χ0n) is 23.6. The molecule has 42 heavy (non-hydrogen) atoms. The first-order valence-electron chi connectivity index (χ1n) is 14.0. The number of hydrogen-bond acceptors (Lipinski definition) is 6. The molecule has 9 nitrogen and oxygen atoms in total. The van der Waals surface area contributed by atoms with E-state index in [0.717, 1.165) is 16.5 Å². The first-order valence-corrected chi connectivity index (χ1v) is 14.0. The van der Waals surface area contributed by atoms with E-state index >= 15 is 0 Å². The van der Waals surface area contributed by atoms with Crippen LogP contribution in [0, 0.1) is 0 Å². The molecule has 0 aliphatic carbocycles. The minimum atomic E-state index is -0.825. The molecule has 0 aliphatic rings. The van der Waals surface area contributed by atoms with Crippen molar-refractivity contribution in [3.05, 3.63) is 107 Å². The van der Waals surface area contributed by atoms with Crippen LogP contribution in [0.1, 0.15) is 51.3 Å². The Morgan fingerprint density at radius 3 is 2.26 bits per heavy atom. The van der Waals surface area contributed by atoms with Crippen molar-refractivity contribution in [2.24, 2.45) is 0 Å². The number of para-hydroxylation sites is 1. The molecule has 0 fully saturated rings. The molecule has 3 aromatic carbocycles. The lowest BCUT2D eigenvalue weighted by Gasteiger charge is -2.18. The van der Waals surface area contributed by atoms with Gasteiger partial charge in [-0.1, -0.05) is 60.7 Å². The summed E-state index contributed by atoms with van der Waals surface area (Å²) in [7, 11) is 1.33. The highest BCUT2D eigenvalue weighted by atomic mass is 16.5. The number of fused-ring (bicyclic) bond motifs is 1. The van der Waals surface area contributed by atoms with Crippen LogP contribution in [-0.4, -0.2) is 49.9 Å². The number of esters is 1. The standard InChI is InChI=1S/C33H35N3O6/c1-41-33(40)25-16-13-24(14-17-25)19-21-35-31(38)27(36-32(39)29-22-26-10-5-6-12-28(26)42-29)11-7-20-34-30(37)18-15-23-8-3-2-4-9-23/h2-6,8-10,12-14,16-17,22,27H,7,11,15,18-21H2,1H3,(H,34,37)(H,35,38)(H,36,39)/t27-/m0/s1. The van der Waals surface area contributed by atoms with Crippen molar-refractivity contribution in [1.29, 1.82) is 0 Å². The molecular formula is C33H35N3O6. The number of methoxy groups -OCH3 is 1. The summed E-state index contributed by atoms with van der Waals surface area (Å²) in [6.45, 7) is 0.716. The van der Waals surface area contributed by atoms with Crippen molar-refractivity contribution in [1.82, 2.24) is 16.0 Å².